The molecular formula is C29H33ClN4O4S2. The monoisotopic (exact) mass is 600 g/mol. The maximum Gasteiger partial charge on any atom is 0.274 e. The molecule has 2 aromatic heterocycles. The number of aliphatic hydroxyl groups excluding tert-OH is 1. The molecule has 0 fully saturated rings. The molecule has 4 rings (SSSR count). The van der Waals surface area contributed by atoms with Crippen LogP contribution in [0.15, 0.2) is 71.6 Å². The van der Waals surface area contributed by atoms with Crippen molar-refractivity contribution in [3.8, 4) is 26.7 Å². The quantitative estimate of drug-likeness (QED) is 0.270. The smallest absolute Gasteiger partial charge is 0.274 e. The predicted molar refractivity (Wildman–Crippen MR) is 161 cm³/mol. The van der Waals surface area contributed by atoms with Crippen LogP contribution in [0.3, 0.4) is 0 Å². The summed E-state index contributed by atoms with van der Waals surface area (Å²) < 4.78 is 25.8. The van der Waals surface area contributed by atoms with Crippen molar-refractivity contribution < 1.29 is 18.3 Å². The molecule has 0 aliphatic heterocycles. The average Bonchev–Trinajstić information content (AvgIpc) is 3.54. The van der Waals surface area contributed by atoms with Crippen molar-refractivity contribution in [1.29, 1.82) is 0 Å². The van der Waals surface area contributed by atoms with E-state index in [0.717, 1.165) is 15.3 Å². The summed E-state index contributed by atoms with van der Waals surface area (Å²) in [5.41, 5.74) is 6.86. The Bertz CT molecular complexity index is 1650. The molecule has 0 bridgehead atoms. The zero-order chi connectivity index (χ0) is 29.5. The number of amides is 1. The summed E-state index contributed by atoms with van der Waals surface area (Å²) >= 11 is 8.00. The lowest BCUT2D eigenvalue weighted by Gasteiger charge is -2.40. The van der Waals surface area contributed by atoms with Crippen LogP contribution in [0.4, 0.5) is 0 Å². The molecule has 4 aromatic rings. The Balaban J connectivity index is 1.84. The number of aliphatic hydroxyl groups is 1. The van der Waals surface area contributed by atoms with E-state index >= 15 is 0 Å². The van der Waals surface area contributed by atoms with E-state index < -0.39 is 20.9 Å². The molecule has 8 nitrogen and oxygen atoms in total. The van der Waals surface area contributed by atoms with E-state index in [1.54, 1.807) is 53.8 Å². The largest absolute Gasteiger partial charge is 0.394 e. The second-order valence-electron chi connectivity index (χ2n) is 11.1. The van der Waals surface area contributed by atoms with Crippen molar-refractivity contribution in [3.63, 3.8) is 0 Å². The number of hydrogen-bond acceptors (Lipinski definition) is 7. The maximum absolute atomic E-state index is 13.9. The third kappa shape index (κ3) is 6.47. The zero-order valence-electron chi connectivity index (χ0n) is 23.1. The van der Waals surface area contributed by atoms with E-state index in [1.807, 2.05) is 50.2 Å². The van der Waals surface area contributed by atoms with Gasteiger partial charge in [0.25, 0.3) is 5.91 Å². The highest BCUT2D eigenvalue weighted by atomic mass is 35.5. The third-order valence-electron chi connectivity index (χ3n) is 6.34. The number of aromatic nitrogens is 2. The number of carbonyl (C=O) groups is 1. The number of halogens is 1. The molecule has 11 heteroatoms. The Morgan fingerprint density at radius 2 is 1.73 bits per heavy atom. The Labute approximate surface area is 243 Å². The normalized spacial score (nSPS) is 12.5. The van der Waals surface area contributed by atoms with Crippen molar-refractivity contribution >= 4 is 38.7 Å². The summed E-state index contributed by atoms with van der Waals surface area (Å²) in [6, 6.07) is 19.5. The number of sulfone groups is 1. The number of rotatable bonds is 9. The van der Waals surface area contributed by atoms with Crippen LogP contribution >= 0.6 is 22.9 Å². The van der Waals surface area contributed by atoms with Crippen LogP contribution in [0.5, 0.6) is 0 Å². The van der Waals surface area contributed by atoms with E-state index in [2.05, 4.69) is 0 Å². The average molecular weight is 601 g/mol. The number of carbonyl (C=O) groups excluding carboxylic acids is 1. The molecule has 0 saturated carbocycles. The fourth-order valence-electron chi connectivity index (χ4n) is 4.17. The summed E-state index contributed by atoms with van der Waals surface area (Å²) in [4.78, 5) is 17.3. The number of hydrogen-bond donors (Lipinski definition) is 2. The van der Waals surface area contributed by atoms with Crippen LogP contribution in [0.2, 0.25) is 5.02 Å². The molecule has 3 N–H and O–H groups in total. The second-order valence-corrected chi connectivity index (χ2v) is 14.6. The highest BCUT2D eigenvalue weighted by Crippen LogP contribution is 2.37. The lowest BCUT2D eigenvalue weighted by atomic mass is 9.98. The fraction of sp³-hybridized carbons (Fsp3) is 0.310. The molecule has 0 atom stereocenters. The summed E-state index contributed by atoms with van der Waals surface area (Å²) in [6.45, 7) is 7.14. The van der Waals surface area contributed by atoms with Gasteiger partial charge in [0.1, 0.15) is 0 Å². The van der Waals surface area contributed by atoms with Gasteiger partial charge in [-0.05, 0) is 75.7 Å². The van der Waals surface area contributed by atoms with Gasteiger partial charge >= 0.3 is 0 Å². The van der Waals surface area contributed by atoms with Gasteiger partial charge in [-0.1, -0.05) is 35.9 Å². The molecule has 0 aliphatic carbocycles. The molecule has 0 spiro atoms. The van der Waals surface area contributed by atoms with E-state index in [4.69, 9.17) is 22.4 Å². The van der Waals surface area contributed by atoms with Crippen molar-refractivity contribution in [2.75, 3.05) is 19.4 Å². The summed E-state index contributed by atoms with van der Waals surface area (Å²) in [6.07, 6.45) is 1.18. The lowest BCUT2D eigenvalue weighted by molar-refractivity contribution is 0.0299. The summed E-state index contributed by atoms with van der Waals surface area (Å²) in [5, 5.41) is 15.2. The Hall–Kier alpha value is -3.02. The minimum Gasteiger partial charge on any atom is -0.394 e. The van der Waals surface area contributed by atoms with Crippen LogP contribution < -0.4 is 5.73 Å². The maximum atomic E-state index is 13.9. The number of nitrogens with zero attached hydrogens (tertiary/aromatic N) is 3. The molecular weight excluding hydrogens is 568 g/mol. The van der Waals surface area contributed by atoms with E-state index in [0.29, 0.717) is 16.4 Å². The van der Waals surface area contributed by atoms with E-state index in [1.165, 1.54) is 17.6 Å². The first-order valence-corrected chi connectivity index (χ1v) is 15.7. The second kappa shape index (κ2) is 11.1. The van der Waals surface area contributed by atoms with Gasteiger partial charge in [0.2, 0.25) is 0 Å². The summed E-state index contributed by atoms with van der Waals surface area (Å²) in [7, 11) is -3.36. The molecule has 0 saturated heterocycles. The zero-order valence-corrected chi connectivity index (χ0v) is 25.4. The highest BCUT2D eigenvalue weighted by molar-refractivity contribution is 7.90. The Kier molecular flexibility index (Phi) is 8.31. The minimum atomic E-state index is -3.36. The third-order valence-corrected chi connectivity index (χ3v) is 8.93. The van der Waals surface area contributed by atoms with Gasteiger partial charge in [0.05, 0.1) is 38.3 Å². The van der Waals surface area contributed by atoms with E-state index in [-0.39, 0.29) is 29.6 Å². The van der Waals surface area contributed by atoms with Crippen molar-refractivity contribution in [1.82, 2.24) is 14.7 Å². The van der Waals surface area contributed by atoms with Gasteiger partial charge in [-0.15, -0.1) is 11.3 Å². The number of nitrogens with two attached hydrogens (primary N) is 1. The first-order valence-electron chi connectivity index (χ1n) is 12.6. The van der Waals surface area contributed by atoms with Crippen LogP contribution in [0.25, 0.3) is 26.7 Å². The van der Waals surface area contributed by atoms with Gasteiger partial charge in [0, 0.05) is 23.2 Å². The number of thiophene rings is 1. The minimum absolute atomic E-state index is 0.176. The van der Waals surface area contributed by atoms with Gasteiger partial charge in [-0.3, -0.25) is 4.79 Å². The topological polar surface area (TPSA) is 119 Å². The van der Waals surface area contributed by atoms with Crippen LogP contribution in [0.1, 0.15) is 38.2 Å². The number of para-hydroxylation sites is 1. The fourth-order valence-corrected chi connectivity index (χ4v) is 6.06. The van der Waals surface area contributed by atoms with Crippen LogP contribution in [-0.2, 0) is 9.84 Å². The SMILES string of the molecule is CC(C)(N)CN(C(=O)c1cc(-c2ccc(-c3cccc(S(C)(=O)=O)c3)s2)n(-c2ccccc2Cl)n1)C(C)(C)CO. The molecule has 2 aromatic carbocycles. The lowest BCUT2D eigenvalue weighted by Crippen LogP contribution is -2.57. The standard InChI is InChI=1S/C29H33ClN4O4S2/c1-28(2,31)17-33(29(3,4)18-35)27(36)22-16-24(34(32-22)23-12-7-6-11-21(23)30)26-14-13-25(39-26)19-9-8-10-20(15-19)40(5,37)38/h6-16,35H,17-18,31H2,1-5H3. The van der Waals surface area contributed by atoms with Gasteiger partial charge < -0.3 is 15.7 Å². The van der Waals surface area contributed by atoms with Gasteiger partial charge in [-0.25, -0.2) is 13.1 Å². The van der Waals surface area contributed by atoms with Crippen LogP contribution in [-0.4, -0.2) is 64.6 Å². The Morgan fingerprint density at radius 1 is 1.05 bits per heavy atom. The van der Waals surface area contributed by atoms with Crippen molar-refractivity contribution in [2.45, 2.75) is 43.7 Å². The molecule has 0 unspecified atom stereocenters. The first kappa shape index (κ1) is 30.0. The van der Waals surface area contributed by atoms with Gasteiger partial charge in [0.15, 0.2) is 15.5 Å². The van der Waals surface area contributed by atoms with Crippen LogP contribution in [0, 0.1) is 0 Å². The highest BCUT2D eigenvalue weighted by Gasteiger charge is 2.36. The molecule has 2 heterocycles. The van der Waals surface area contributed by atoms with Crippen molar-refractivity contribution in [2.24, 2.45) is 5.73 Å². The molecule has 212 valence electrons. The van der Waals surface area contributed by atoms with E-state index in [9.17, 15) is 18.3 Å². The first-order chi connectivity index (χ1) is 18.6. The molecule has 40 heavy (non-hydrogen) atoms. The van der Waals surface area contributed by atoms with Crippen molar-refractivity contribution in [3.05, 3.63) is 77.4 Å². The molecule has 0 aliphatic rings. The number of benzene rings is 2. The predicted octanol–water partition coefficient (Wildman–Crippen LogP) is 5.28. The molecule has 0 radical (unpaired) electrons. The molecule has 1 amide bonds. The van der Waals surface area contributed by atoms with Gasteiger partial charge in [-0.2, -0.15) is 5.10 Å². The Morgan fingerprint density at radius 3 is 2.35 bits per heavy atom. The summed E-state index contributed by atoms with van der Waals surface area (Å²) in [5.74, 6) is -0.373.